The number of carbonyl (C=O) groups is 1. The number of hydrogen-bond acceptors (Lipinski definition) is 5. The lowest BCUT2D eigenvalue weighted by molar-refractivity contribution is -0.385. The molecule has 0 radical (unpaired) electrons. The number of nitrogens with two attached hydrogens (primary N) is 1. The summed E-state index contributed by atoms with van der Waals surface area (Å²) in [5.74, 6) is -0.118. The summed E-state index contributed by atoms with van der Waals surface area (Å²) >= 11 is 0. The fourth-order valence-corrected chi connectivity index (χ4v) is 2.51. The topological polar surface area (TPSA) is 98.7 Å². The van der Waals surface area contributed by atoms with E-state index < -0.39 is 4.92 Å². The molecule has 1 aliphatic rings. The zero-order valence-electron chi connectivity index (χ0n) is 11.9. The number of amides is 1. The molecular weight excluding hydrogens is 274 g/mol. The lowest BCUT2D eigenvalue weighted by Gasteiger charge is -2.27. The molecule has 114 valence electrons. The molecule has 1 saturated heterocycles. The molecule has 1 fully saturated rings. The van der Waals surface area contributed by atoms with Gasteiger partial charge in [0, 0.05) is 32.0 Å². The molecule has 7 nitrogen and oxygen atoms in total. The second-order valence-electron chi connectivity index (χ2n) is 5.30. The van der Waals surface area contributed by atoms with Crippen LogP contribution in [-0.2, 0) is 4.74 Å². The van der Waals surface area contributed by atoms with Crippen molar-refractivity contribution in [3.63, 3.8) is 0 Å². The normalized spacial score (nSPS) is 18.2. The SMILES string of the molecule is CN(CC1CCCOC1)C(=O)c1cc(N)ccc1[N+](=O)[O-]. The number of benzene rings is 1. The standard InChI is InChI=1S/C14H19N3O4/c1-16(8-10-3-2-6-21-9-10)14(18)12-7-11(15)4-5-13(12)17(19)20/h4-5,7,10H,2-3,6,8-9,15H2,1H3. The van der Waals surface area contributed by atoms with Gasteiger partial charge in [0.15, 0.2) is 0 Å². The van der Waals surface area contributed by atoms with E-state index in [-0.39, 0.29) is 23.1 Å². The van der Waals surface area contributed by atoms with Crippen molar-refractivity contribution in [3.05, 3.63) is 33.9 Å². The zero-order valence-corrected chi connectivity index (χ0v) is 11.9. The van der Waals surface area contributed by atoms with Gasteiger partial charge in [-0.05, 0) is 30.9 Å². The number of ether oxygens (including phenoxy) is 1. The van der Waals surface area contributed by atoms with Gasteiger partial charge in [-0.1, -0.05) is 0 Å². The highest BCUT2D eigenvalue weighted by Gasteiger charge is 2.25. The highest BCUT2D eigenvalue weighted by molar-refractivity contribution is 5.98. The molecule has 1 aliphatic heterocycles. The summed E-state index contributed by atoms with van der Waals surface area (Å²) in [5.41, 5.74) is 5.77. The minimum absolute atomic E-state index is 0.0271. The van der Waals surface area contributed by atoms with Crippen LogP contribution in [0, 0.1) is 16.0 Å². The van der Waals surface area contributed by atoms with Crippen LogP contribution in [0.4, 0.5) is 11.4 Å². The number of rotatable bonds is 4. The Kier molecular flexibility index (Phi) is 4.74. The molecule has 0 saturated carbocycles. The van der Waals surface area contributed by atoms with Crippen molar-refractivity contribution in [3.8, 4) is 0 Å². The molecule has 1 heterocycles. The second-order valence-corrected chi connectivity index (χ2v) is 5.30. The van der Waals surface area contributed by atoms with Crippen molar-refractivity contribution in [1.29, 1.82) is 0 Å². The third-order valence-electron chi connectivity index (χ3n) is 3.58. The van der Waals surface area contributed by atoms with Crippen LogP contribution < -0.4 is 5.73 Å². The maximum absolute atomic E-state index is 12.4. The zero-order chi connectivity index (χ0) is 15.4. The van der Waals surface area contributed by atoms with Crippen LogP contribution in [0.1, 0.15) is 23.2 Å². The van der Waals surface area contributed by atoms with Gasteiger partial charge in [-0.2, -0.15) is 0 Å². The molecule has 2 N–H and O–H groups in total. The van der Waals surface area contributed by atoms with Gasteiger partial charge >= 0.3 is 0 Å². The molecule has 7 heteroatoms. The number of hydrogen-bond donors (Lipinski definition) is 1. The fourth-order valence-electron chi connectivity index (χ4n) is 2.51. The Balaban J connectivity index is 2.14. The van der Waals surface area contributed by atoms with E-state index in [0.29, 0.717) is 18.8 Å². The Hall–Kier alpha value is -2.15. The van der Waals surface area contributed by atoms with E-state index in [2.05, 4.69) is 0 Å². The maximum atomic E-state index is 12.4. The second kappa shape index (κ2) is 6.53. The molecule has 0 spiro atoms. The summed E-state index contributed by atoms with van der Waals surface area (Å²) in [6.45, 7) is 1.90. The Morgan fingerprint density at radius 2 is 2.33 bits per heavy atom. The molecule has 0 aliphatic carbocycles. The van der Waals surface area contributed by atoms with E-state index in [0.717, 1.165) is 19.4 Å². The monoisotopic (exact) mass is 293 g/mol. The Labute approximate surface area is 122 Å². The van der Waals surface area contributed by atoms with Crippen LogP contribution in [0.2, 0.25) is 0 Å². The fraction of sp³-hybridized carbons (Fsp3) is 0.500. The van der Waals surface area contributed by atoms with E-state index in [1.54, 1.807) is 7.05 Å². The van der Waals surface area contributed by atoms with E-state index in [1.807, 2.05) is 0 Å². The van der Waals surface area contributed by atoms with Crippen molar-refractivity contribution in [2.24, 2.45) is 5.92 Å². The summed E-state index contributed by atoms with van der Waals surface area (Å²) in [7, 11) is 1.64. The minimum Gasteiger partial charge on any atom is -0.399 e. The third kappa shape index (κ3) is 3.69. The lowest BCUT2D eigenvalue weighted by atomic mass is 10.0. The number of anilines is 1. The van der Waals surface area contributed by atoms with Gasteiger partial charge in [-0.15, -0.1) is 0 Å². The van der Waals surface area contributed by atoms with Gasteiger partial charge in [-0.3, -0.25) is 14.9 Å². The Morgan fingerprint density at radius 1 is 1.57 bits per heavy atom. The van der Waals surface area contributed by atoms with Gasteiger partial charge in [0.2, 0.25) is 0 Å². The predicted molar refractivity (Wildman–Crippen MR) is 78.0 cm³/mol. The molecule has 1 aromatic carbocycles. The number of nitro groups is 1. The molecule has 1 unspecified atom stereocenters. The molecule has 2 rings (SSSR count). The minimum atomic E-state index is -0.565. The summed E-state index contributed by atoms with van der Waals surface area (Å²) < 4.78 is 5.38. The van der Waals surface area contributed by atoms with Crippen molar-refractivity contribution >= 4 is 17.3 Å². The molecule has 1 amide bonds. The van der Waals surface area contributed by atoms with Crippen LogP contribution in [0.15, 0.2) is 18.2 Å². The average molecular weight is 293 g/mol. The smallest absolute Gasteiger partial charge is 0.282 e. The first kappa shape index (κ1) is 15.2. The van der Waals surface area contributed by atoms with Crippen molar-refractivity contribution in [2.75, 3.05) is 32.5 Å². The number of nitrogen functional groups attached to an aromatic ring is 1. The van der Waals surface area contributed by atoms with Crippen LogP contribution in [0.5, 0.6) is 0 Å². The van der Waals surface area contributed by atoms with Crippen molar-refractivity contribution in [2.45, 2.75) is 12.8 Å². The van der Waals surface area contributed by atoms with E-state index in [1.165, 1.54) is 23.1 Å². The first-order valence-electron chi connectivity index (χ1n) is 6.86. The maximum Gasteiger partial charge on any atom is 0.282 e. The van der Waals surface area contributed by atoms with Crippen LogP contribution >= 0.6 is 0 Å². The van der Waals surface area contributed by atoms with E-state index >= 15 is 0 Å². The summed E-state index contributed by atoms with van der Waals surface area (Å²) in [6.07, 6.45) is 1.97. The van der Waals surface area contributed by atoms with Gasteiger partial charge in [-0.25, -0.2) is 0 Å². The molecule has 1 atom stereocenters. The summed E-state index contributed by atoms with van der Waals surface area (Å²) in [5, 5.41) is 11.0. The van der Waals surface area contributed by atoms with Gasteiger partial charge in [0.1, 0.15) is 5.56 Å². The molecule has 1 aromatic rings. The number of nitrogens with zero attached hydrogens (tertiary/aromatic N) is 2. The van der Waals surface area contributed by atoms with Crippen molar-refractivity contribution in [1.82, 2.24) is 4.90 Å². The van der Waals surface area contributed by atoms with Gasteiger partial charge < -0.3 is 15.4 Å². The molecular formula is C14H19N3O4. The summed E-state index contributed by atoms with van der Waals surface area (Å²) in [4.78, 5) is 24.4. The van der Waals surface area contributed by atoms with E-state index in [4.69, 9.17) is 10.5 Å². The number of carbonyl (C=O) groups excluding carboxylic acids is 1. The van der Waals surface area contributed by atoms with Crippen LogP contribution in [0.3, 0.4) is 0 Å². The highest BCUT2D eigenvalue weighted by atomic mass is 16.6. The Bertz CT molecular complexity index is 541. The van der Waals surface area contributed by atoms with E-state index in [9.17, 15) is 14.9 Å². The molecule has 21 heavy (non-hydrogen) atoms. The largest absolute Gasteiger partial charge is 0.399 e. The molecule has 0 aromatic heterocycles. The molecule has 0 bridgehead atoms. The first-order chi connectivity index (χ1) is 9.99. The van der Waals surface area contributed by atoms with Gasteiger partial charge in [0.05, 0.1) is 11.5 Å². The Morgan fingerprint density at radius 3 is 2.95 bits per heavy atom. The predicted octanol–water partition coefficient (Wildman–Crippen LogP) is 1.68. The first-order valence-corrected chi connectivity index (χ1v) is 6.86. The van der Waals surface area contributed by atoms with Crippen molar-refractivity contribution < 1.29 is 14.5 Å². The van der Waals surface area contributed by atoms with Gasteiger partial charge in [0.25, 0.3) is 11.6 Å². The summed E-state index contributed by atoms with van der Waals surface area (Å²) in [6, 6.07) is 4.04. The lowest BCUT2D eigenvalue weighted by Crippen LogP contribution is -2.35. The average Bonchev–Trinajstić information content (AvgIpc) is 2.47. The number of nitro benzene ring substituents is 1. The quantitative estimate of drug-likeness (QED) is 0.517. The highest BCUT2D eigenvalue weighted by Crippen LogP contribution is 2.23. The third-order valence-corrected chi connectivity index (χ3v) is 3.58. The van der Waals surface area contributed by atoms with Crippen LogP contribution in [-0.4, -0.2) is 42.5 Å². The van der Waals surface area contributed by atoms with Crippen LogP contribution in [0.25, 0.3) is 0 Å².